The highest BCUT2D eigenvalue weighted by Gasteiger charge is 2.35. The molecule has 0 bridgehead atoms. The highest BCUT2D eigenvalue weighted by molar-refractivity contribution is 6.43. The van der Waals surface area contributed by atoms with Gasteiger partial charge in [0.25, 0.3) is 0 Å². The molecule has 0 spiro atoms. The molecule has 1 aliphatic carbocycles. The van der Waals surface area contributed by atoms with Crippen molar-refractivity contribution < 1.29 is 14.3 Å². The summed E-state index contributed by atoms with van der Waals surface area (Å²) in [6, 6.07) is 0. The Bertz CT molecular complexity index is 323. The number of methoxy groups -OCH3 is 1. The van der Waals surface area contributed by atoms with Crippen LogP contribution in [0.4, 0.5) is 0 Å². The Balaban J connectivity index is 2.58. The summed E-state index contributed by atoms with van der Waals surface area (Å²) in [6.07, 6.45) is 5.98. The zero-order valence-electron chi connectivity index (χ0n) is 10.4. The number of Topliss-reactive ketones (excluding diaryl/α,β-unsaturated/α-hetero) is 1. The number of ketones is 1. The lowest BCUT2D eigenvalue weighted by molar-refractivity contribution is -0.141. The zero-order valence-corrected chi connectivity index (χ0v) is 11.1. The molecule has 2 unspecified atom stereocenters. The van der Waals surface area contributed by atoms with Gasteiger partial charge in [-0.15, -0.1) is 0 Å². The van der Waals surface area contributed by atoms with E-state index in [1.165, 1.54) is 7.11 Å². The molecule has 0 N–H and O–H groups in total. The van der Waals surface area contributed by atoms with Gasteiger partial charge in [0, 0.05) is 5.92 Å². The summed E-state index contributed by atoms with van der Waals surface area (Å²) in [6.45, 7) is 2.12. The molecule has 0 aromatic heterocycles. The predicted molar refractivity (Wildman–Crippen MR) is 66.7 cm³/mol. The number of rotatable bonds is 6. The van der Waals surface area contributed by atoms with Crippen molar-refractivity contribution in [2.75, 3.05) is 7.11 Å². The minimum atomic E-state index is -0.286. The van der Waals surface area contributed by atoms with Gasteiger partial charge < -0.3 is 4.74 Å². The van der Waals surface area contributed by atoms with Crippen LogP contribution in [0.1, 0.15) is 39.0 Å². The van der Waals surface area contributed by atoms with Crippen LogP contribution >= 0.6 is 11.6 Å². The Hall–Kier alpha value is -0.830. The van der Waals surface area contributed by atoms with Crippen LogP contribution in [0, 0.1) is 11.8 Å². The zero-order chi connectivity index (χ0) is 12.8. The van der Waals surface area contributed by atoms with Crippen LogP contribution in [-0.4, -0.2) is 18.9 Å². The largest absolute Gasteiger partial charge is 0.469 e. The standard InChI is InChI=1S/C13H19ClO3/c1-3-4-5-6-10-9(8-12(15)17-2)7-11(14)13(10)16/h7,9-10H,3-6,8H2,1-2H3. The van der Waals surface area contributed by atoms with E-state index in [2.05, 4.69) is 11.7 Å². The number of carbonyl (C=O) groups excluding carboxylic acids is 2. The Morgan fingerprint density at radius 1 is 1.47 bits per heavy atom. The second kappa shape index (κ2) is 6.80. The van der Waals surface area contributed by atoms with Crippen molar-refractivity contribution in [2.45, 2.75) is 39.0 Å². The van der Waals surface area contributed by atoms with E-state index >= 15 is 0 Å². The molecule has 0 amide bonds. The van der Waals surface area contributed by atoms with Crippen molar-refractivity contribution in [3.8, 4) is 0 Å². The number of hydrogen-bond donors (Lipinski definition) is 0. The number of allylic oxidation sites excluding steroid dienone is 2. The van der Waals surface area contributed by atoms with Crippen LogP contribution in [0.15, 0.2) is 11.1 Å². The van der Waals surface area contributed by atoms with Crippen LogP contribution in [-0.2, 0) is 14.3 Å². The number of hydrogen-bond acceptors (Lipinski definition) is 3. The van der Waals surface area contributed by atoms with Gasteiger partial charge in [-0.25, -0.2) is 0 Å². The summed E-state index contributed by atoms with van der Waals surface area (Å²) >= 11 is 5.85. The van der Waals surface area contributed by atoms with Gasteiger partial charge in [-0.3, -0.25) is 9.59 Å². The van der Waals surface area contributed by atoms with E-state index in [0.29, 0.717) is 0 Å². The fraction of sp³-hybridized carbons (Fsp3) is 0.692. The fourth-order valence-electron chi connectivity index (χ4n) is 2.19. The molecule has 3 nitrogen and oxygen atoms in total. The molecule has 0 aromatic carbocycles. The molecular weight excluding hydrogens is 240 g/mol. The second-order valence-electron chi connectivity index (χ2n) is 4.43. The quantitative estimate of drug-likeness (QED) is 0.543. The SMILES string of the molecule is CCCCCC1C(=O)C(Cl)=CC1CC(=O)OC. The Morgan fingerprint density at radius 2 is 2.18 bits per heavy atom. The van der Waals surface area contributed by atoms with Crippen LogP contribution in [0.2, 0.25) is 0 Å². The molecule has 2 atom stereocenters. The lowest BCUT2D eigenvalue weighted by Gasteiger charge is -2.16. The third kappa shape index (κ3) is 3.84. The van der Waals surface area contributed by atoms with Gasteiger partial charge >= 0.3 is 5.97 Å². The summed E-state index contributed by atoms with van der Waals surface area (Å²) in [7, 11) is 1.36. The first-order valence-electron chi connectivity index (χ1n) is 6.08. The molecule has 0 heterocycles. The normalized spacial score (nSPS) is 23.7. The van der Waals surface area contributed by atoms with E-state index in [4.69, 9.17) is 11.6 Å². The molecule has 17 heavy (non-hydrogen) atoms. The summed E-state index contributed by atoms with van der Waals surface area (Å²) in [5.74, 6) is -0.518. The van der Waals surface area contributed by atoms with E-state index in [-0.39, 0.29) is 35.0 Å². The summed E-state index contributed by atoms with van der Waals surface area (Å²) in [5.41, 5.74) is 0. The predicted octanol–water partition coefficient (Wildman–Crippen LogP) is 3.07. The van der Waals surface area contributed by atoms with E-state index in [9.17, 15) is 9.59 Å². The second-order valence-corrected chi connectivity index (χ2v) is 4.83. The lowest BCUT2D eigenvalue weighted by atomic mass is 9.87. The van der Waals surface area contributed by atoms with Crippen molar-refractivity contribution in [3.63, 3.8) is 0 Å². The number of esters is 1. The van der Waals surface area contributed by atoms with Crippen LogP contribution in [0.25, 0.3) is 0 Å². The molecule has 0 saturated carbocycles. The molecule has 4 heteroatoms. The average molecular weight is 259 g/mol. The van der Waals surface area contributed by atoms with Crippen molar-refractivity contribution in [1.29, 1.82) is 0 Å². The van der Waals surface area contributed by atoms with E-state index in [0.717, 1.165) is 25.7 Å². The van der Waals surface area contributed by atoms with Crippen molar-refractivity contribution in [3.05, 3.63) is 11.1 Å². The van der Waals surface area contributed by atoms with Gasteiger partial charge in [0.05, 0.1) is 18.6 Å². The van der Waals surface area contributed by atoms with Crippen LogP contribution < -0.4 is 0 Å². The molecule has 0 aromatic rings. The molecule has 0 radical (unpaired) electrons. The minimum absolute atomic E-state index is 0.0170. The third-order valence-corrected chi connectivity index (χ3v) is 3.51. The van der Waals surface area contributed by atoms with Gasteiger partial charge in [-0.1, -0.05) is 43.9 Å². The summed E-state index contributed by atoms with van der Waals surface area (Å²) in [4.78, 5) is 23.1. The summed E-state index contributed by atoms with van der Waals surface area (Å²) < 4.78 is 4.63. The molecule has 1 rings (SSSR count). The molecule has 0 saturated heterocycles. The van der Waals surface area contributed by atoms with E-state index in [1.807, 2.05) is 0 Å². The maximum Gasteiger partial charge on any atom is 0.306 e. The van der Waals surface area contributed by atoms with Gasteiger partial charge in [0.15, 0.2) is 5.78 Å². The average Bonchev–Trinajstić information content (AvgIpc) is 2.57. The van der Waals surface area contributed by atoms with E-state index in [1.54, 1.807) is 6.08 Å². The Labute approximate surface area is 107 Å². The van der Waals surface area contributed by atoms with Crippen molar-refractivity contribution >= 4 is 23.4 Å². The summed E-state index contributed by atoms with van der Waals surface area (Å²) in [5, 5.41) is 0.278. The minimum Gasteiger partial charge on any atom is -0.469 e. The first-order valence-corrected chi connectivity index (χ1v) is 6.46. The van der Waals surface area contributed by atoms with Crippen molar-refractivity contribution in [2.24, 2.45) is 11.8 Å². The maximum absolute atomic E-state index is 11.8. The molecular formula is C13H19ClO3. The molecule has 0 aliphatic heterocycles. The highest BCUT2D eigenvalue weighted by atomic mass is 35.5. The first-order chi connectivity index (χ1) is 8.10. The lowest BCUT2D eigenvalue weighted by Crippen LogP contribution is -2.19. The maximum atomic E-state index is 11.8. The highest BCUT2D eigenvalue weighted by Crippen LogP contribution is 2.35. The fourth-order valence-corrected chi connectivity index (χ4v) is 2.50. The molecule has 0 fully saturated rings. The van der Waals surface area contributed by atoms with Gasteiger partial charge in [-0.05, 0) is 12.3 Å². The molecule has 1 aliphatic rings. The first kappa shape index (κ1) is 14.2. The molecule has 96 valence electrons. The van der Waals surface area contributed by atoms with Gasteiger partial charge in [0.1, 0.15) is 0 Å². The van der Waals surface area contributed by atoms with Gasteiger partial charge in [0.2, 0.25) is 0 Å². The van der Waals surface area contributed by atoms with Crippen LogP contribution in [0.3, 0.4) is 0 Å². The number of unbranched alkanes of at least 4 members (excludes halogenated alkanes) is 2. The Morgan fingerprint density at radius 3 is 2.76 bits per heavy atom. The number of halogens is 1. The monoisotopic (exact) mass is 258 g/mol. The Kier molecular flexibility index (Phi) is 5.69. The van der Waals surface area contributed by atoms with Crippen molar-refractivity contribution in [1.82, 2.24) is 0 Å². The van der Waals surface area contributed by atoms with Crippen LogP contribution in [0.5, 0.6) is 0 Å². The van der Waals surface area contributed by atoms with Gasteiger partial charge in [-0.2, -0.15) is 0 Å². The third-order valence-electron chi connectivity index (χ3n) is 3.20. The number of carbonyl (C=O) groups is 2. The van der Waals surface area contributed by atoms with E-state index < -0.39 is 0 Å². The topological polar surface area (TPSA) is 43.4 Å². The number of ether oxygens (including phenoxy) is 1. The smallest absolute Gasteiger partial charge is 0.306 e.